The summed E-state index contributed by atoms with van der Waals surface area (Å²) < 4.78 is 13.2. The van der Waals surface area contributed by atoms with Gasteiger partial charge < -0.3 is 20.0 Å². The van der Waals surface area contributed by atoms with E-state index in [1.807, 2.05) is 38.1 Å². The second kappa shape index (κ2) is 9.39. The van der Waals surface area contributed by atoms with Crippen LogP contribution in [0.5, 0.6) is 0 Å². The maximum Gasteiger partial charge on any atom is 0.256 e. The molecule has 2 aromatic carbocycles. The Labute approximate surface area is 210 Å². The van der Waals surface area contributed by atoms with E-state index in [-0.39, 0.29) is 24.1 Å². The van der Waals surface area contributed by atoms with Gasteiger partial charge in [-0.15, -0.1) is 0 Å². The predicted octanol–water partition coefficient (Wildman–Crippen LogP) is 3.37. The van der Waals surface area contributed by atoms with E-state index in [4.69, 9.17) is 0 Å². The summed E-state index contributed by atoms with van der Waals surface area (Å²) in [5.74, 6) is -0.220. The first-order chi connectivity index (χ1) is 17.2. The van der Waals surface area contributed by atoms with Gasteiger partial charge in [0.2, 0.25) is 5.91 Å². The van der Waals surface area contributed by atoms with Crippen molar-refractivity contribution < 1.29 is 14.0 Å². The molecule has 5 rings (SSSR count). The van der Waals surface area contributed by atoms with Crippen LogP contribution in [-0.4, -0.2) is 65.0 Å². The molecule has 0 spiro atoms. The maximum absolute atomic E-state index is 13.2. The van der Waals surface area contributed by atoms with E-state index in [2.05, 4.69) is 32.4 Å². The number of likely N-dealkylation sites (N-methyl/N-ethyl adjacent to an activating group) is 1. The van der Waals surface area contributed by atoms with Crippen molar-refractivity contribution in [2.24, 2.45) is 0 Å². The summed E-state index contributed by atoms with van der Waals surface area (Å²) >= 11 is 0. The number of nitrogens with zero attached hydrogens (tertiary/aromatic N) is 4. The van der Waals surface area contributed by atoms with Crippen LogP contribution in [0.3, 0.4) is 0 Å². The summed E-state index contributed by atoms with van der Waals surface area (Å²) in [6.45, 7) is 8.20. The lowest BCUT2D eigenvalue weighted by Gasteiger charge is -2.34. The van der Waals surface area contributed by atoms with Crippen LogP contribution in [0.25, 0.3) is 0 Å². The van der Waals surface area contributed by atoms with E-state index in [0.717, 1.165) is 48.7 Å². The van der Waals surface area contributed by atoms with Gasteiger partial charge in [-0.1, -0.05) is 12.1 Å². The Morgan fingerprint density at radius 1 is 1.03 bits per heavy atom. The van der Waals surface area contributed by atoms with E-state index < -0.39 is 5.54 Å². The number of fused-ring (bicyclic) bond motifs is 1. The first-order valence-corrected chi connectivity index (χ1v) is 12.2. The zero-order valence-corrected chi connectivity index (χ0v) is 20.8. The zero-order chi connectivity index (χ0) is 25.4. The van der Waals surface area contributed by atoms with Gasteiger partial charge in [0.1, 0.15) is 5.82 Å². The number of benzene rings is 2. The second-order valence-corrected chi connectivity index (χ2v) is 10.1. The van der Waals surface area contributed by atoms with Gasteiger partial charge in [0, 0.05) is 43.0 Å². The molecule has 0 atom stereocenters. The van der Waals surface area contributed by atoms with Crippen molar-refractivity contribution in [3.8, 4) is 0 Å². The number of nitrogens with one attached hydrogen (secondary N) is 2. The van der Waals surface area contributed by atoms with Crippen molar-refractivity contribution in [1.82, 2.24) is 20.0 Å². The van der Waals surface area contributed by atoms with E-state index >= 15 is 0 Å². The molecule has 9 heteroatoms. The number of halogens is 1. The average molecular weight is 491 g/mol. The molecule has 3 heterocycles. The Kier molecular flexibility index (Phi) is 6.26. The van der Waals surface area contributed by atoms with Crippen LogP contribution in [0.1, 0.15) is 41.0 Å². The Hall–Kier alpha value is -3.72. The molecule has 2 aliphatic heterocycles. The van der Waals surface area contributed by atoms with E-state index in [1.54, 1.807) is 17.0 Å². The minimum atomic E-state index is -0.618. The smallest absolute Gasteiger partial charge is 0.256 e. The second-order valence-electron chi connectivity index (χ2n) is 10.1. The first kappa shape index (κ1) is 24.0. The minimum Gasteiger partial charge on any atom is -0.369 e. The van der Waals surface area contributed by atoms with Crippen LogP contribution >= 0.6 is 0 Å². The number of H-pyrrole nitrogens is 1. The van der Waals surface area contributed by atoms with Crippen LogP contribution in [0.15, 0.2) is 48.5 Å². The summed E-state index contributed by atoms with van der Waals surface area (Å²) in [7, 11) is 2.12. The summed E-state index contributed by atoms with van der Waals surface area (Å²) in [5.41, 5.74) is 3.39. The number of hydrogen-bond donors (Lipinski definition) is 2. The lowest BCUT2D eigenvalue weighted by Crippen LogP contribution is -2.44. The summed E-state index contributed by atoms with van der Waals surface area (Å²) in [5, 5.41) is 10.3. The van der Waals surface area contributed by atoms with Crippen molar-refractivity contribution in [2.45, 2.75) is 32.4 Å². The number of amides is 2. The fourth-order valence-corrected chi connectivity index (χ4v) is 4.96. The molecule has 0 radical (unpaired) electrons. The third-order valence-corrected chi connectivity index (χ3v) is 7.27. The Balaban J connectivity index is 1.26. The van der Waals surface area contributed by atoms with Gasteiger partial charge in [0.05, 0.1) is 24.2 Å². The van der Waals surface area contributed by atoms with Crippen LogP contribution in [0, 0.1) is 5.82 Å². The molecule has 2 amide bonds. The largest absolute Gasteiger partial charge is 0.369 e. The molecule has 0 unspecified atom stereocenters. The Morgan fingerprint density at radius 3 is 2.36 bits per heavy atom. The number of aromatic nitrogens is 2. The summed E-state index contributed by atoms with van der Waals surface area (Å²) in [6, 6.07) is 13.6. The van der Waals surface area contributed by atoms with Gasteiger partial charge in [-0.2, -0.15) is 5.10 Å². The van der Waals surface area contributed by atoms with E-state index in [9.17, 15) is 14.0 Å². The molecule has 1 saturated heterocycles. The lowest BCUT2D eigenvalue weighted by molar-refractivity contribution is -0.135. The molecule has 0 bridgehead atoms. The van der Waals surface area contributed by atoms with Gasteiger partial charge in [-0.05, 0) is 62.9 Å². The van der Waals surface area contributed by atoms with Gasteiger partial charge in [0.15, 0.2) is 5.82 Å². The number of carbonyl (C=O) groups is 2. The molecule has 3 aromatic rings. The third kappa shape index (κ3) is 4.58. The quantitative estimate of drug-likeness (QED) is 0.573. The molecule has 8 nitrogen and oxygen atoms in total. The van der Waals surface area contributed by atoms with Crippen LogP contribution in [0.2, 0.25) is 0 Å². The standard InChI is InChI=1S/C27H31FN6O2/c1-27(2)24-22(17-34(27)23(35)16-18-4-8-20(28)9-5-18)25(31-30-24)29-26(36)19-6-10-21(11-7-19)33-14-12-32(3)13-15-33/h4-11H,12-17H2,1-3H3,(H2,29,30,31,36). The van der Waals surface area contributed by atoms with Crippen LogP contribution in [-0.2, 0) is 23.3 Å². The zero-order valence-electron chi connectivity index (χ0n) is 20.8. The molecule has 36 heavy (non-hydrogen) atoms. The van der Waals surface area contributed by atoms with Crippen molar-refractivity contribution >= 4 is 23.3 Å². The monoisotopic (exact) mass is 490 g/mol. The topological polar surface area (TPSA) is 84.6 Å². The molecule has 1 aromatic heterocycles. The normalized spacial score (nSPS) is 17.2. The highest BCUT2D eigenvalue weighted by Gasteiger charge is 2.43. The summed E-state index contributed by atoms with van der Waals surface area (Å²) in [4.78, 5) is 32.5. The highest BCUT2D eigenvalue weighted by atomic mass is 19.1. The number of piperazine rings is 1. The number of rotatable bonds is 5. The third-order valence-electron chi connectivity index (χ3n) is 7.27. The first-order valence-electron chi connectivity index (χ1n) is 12.2. The Morgan fingerprint density at radius 2 is 1.69 bits per heavy atom. The molecular formula is C27H31FN6O2. The van der Waals surface area contributed by atoms with Crippen molar-refractivity contribution in [1.29, 1.82) is 0 Å². The highest BCUT2D eigenvalue weighted by molar-refractivity contribution is 6.04. The molecule has 2 aliphatic rings. The van der Waals surface area contributed by atoms with Crippen molar-refractivity contribution in [2.75, 3.05) is 43.4 Å². The van der Waals surface area contributed by atoms with Crippen molar-refractivity contribution in [3.63, 3.8) is 0 Å². The average Bonchev–Trinajstić information content (AvgIpc) is 3.39. The molecule has 0 aliphatic carbocycles. The van der Waals surface area contributed by atoms with Gasteiger partial charge in [-0.25, -0.2) is 4.39 Å². The number of anilines is 2. The fraction of sp³-hybridized carbons (Fsp3) is 0.370. The number of aromatic amines is 1. The highest BCUT2D eigenvalue weighted by Crippen LogP contribution is 2.40. The lowest BCUT2D eigenvalue weighted by atomic mass is 10.00. The number of carbonyl (C=O) groups excluding carboxylic acids is 2. The maximum atomic E-state index is 13.2. The SMILES string of the molecule is CN1CCN(c2ccc(C(=O)Nc3n[nH]c4c3CN(C(=O)Cc3ccc(F)cc3)C4(C)C)cc2)CC1. The van der Waals surface area contributed by atoms with Gasteiger partial charge >= 0.3 is 0 Å². The molecule has 0 saturated carbocycles. The molecular weight excluding hydrogens is 459 g/mol. The van der Waals surface area contributed by atoms with E-state index in [0.29, 0.717) is 17.9 Å². The summed E-state index contributed by atoms with van der Waals surface area (Å²) in [6.07, 6.45) is 0.169. The van der Waals surface area contributed by atoms with Crippen LogP contribution in [0.4, 0.5) is 15.9 Å². The Bertz CT molecular complexity index is 1260. The molecule has 188 valence electrons. The predicted molar refractivity (Wildman–Crippen MR) is 136 cm³/mol. The van der Waals surface area contributed by atoms with Crippen molar-refractivity contribution in [3.05, 3.63) is 76.7 Å². The number of hydrogen-bond acceptors (Lipinski definition) is 5. The minimum absolute atomic E-state index is 0.0759. The molecule has 1 fully saturated rings. The fourth-order valence-electron chi connectivity index (χ4n) is 4.96. The van der Waals surface area contributed by atoms with E-state index in [1.165, 1.54) is 12.1 Å². The van der Waals surface area contributed by atoms with Gasteiger partial charge in [0.25, 0.3) is 5.91 Å². The van der Waals surface area contributed by atoms with Crippen LogP contribution < -0.4 is 10.2 Å². The van der Waals surface area contributed by atoms with Gasteiger partial charge in [-0.3, -0.25) is 14.7 Å². The molecule has 2 N–H and O–H groups in total.